The van der Waals surface area contributed by atoms with Gasteiger partial charge in [0.2, 0.25) is 0 Å². The van der Waals surface area contributed by atoms with E-state index in [9.17, 15) is 9.18 Å². The first-order valence-electron chi connectivity index (χ1n) is 7.22. The zero-order chi connectivity index (χ0) is 17.5. The number of benzene rings is 2. The molecule has 0 aliphatic carbocycles. The van der Waals surface area contributed by atoms with Gasteiger partial charge in [0.25, 0.3) is 0 Å². The summed E-state index contributed by atoms with van der Waals surface area (Å²) in [6.07, 6.45) is 0. The molecule has 0 amide bonds. The quantitative estimate of drug-likeness (QED) is 0.633. The zero-order valence-corrected chi connectivity index (χ0v) is 14.1. The minimum atomic E-state index is -0.482. The second kappa shape index (κ2) is 8.26. The topological polar surface area (TPSA) is 59.6 Å². The minimum Gasteiger partial charge on any atom is -0.494 e. The van der Waals surface area contributed by atoms with Gasteiger partial charge in [-0.2, -0.15) is 0 Å². The molecule has 2 rings (SSSR count). The highest BCUT2D eigenvalue weighted by Crippen LogP contribution is 2.21. The van der Waals surface area contributed by atoms with E-state index in [4.69, 9.17) is 21.7 Å². The van der Waals surface area contributed by atoms with Crippen LogP contribution in [0.4, 0.5) is 15.8 Å². The van der Waals surface area contributed by atoms with E-state index in [1.54, 1.807) is 37.3 Å². The van der Waals surface area contributed by atoms with E-state index in [0.29, 0.717) is 28.7 Å². The molecule has 126 valence electrons. The van der Waals surface area contributed by atoms with E-state index in [0.717, 1.165) is 0 Å². The number of halogens is 1. The van der Waals surface area contributed by atoms with Crippen molar-refractivity contribution in [3.8, 4) is 5.75 Å². The van der Waals surface area contributed by atoms with Gasteiger partial charge in [-0.25, -0.2) is 9.18 Å². The van der Waals surface area contributed by atoms with Crippen molar-refractivity contribution in [3.63, 3.8) is 0 Å². The van der Waals surface area contributed by atoms with Crippen LogP contribution in [0.2, 0.25) is 0 Å². The van der Waals surface area contributed by atoms with Gasteiger partial charge in [0, 0.05) is 17.4 Å². The van der Waals surface area contributed by atoms with Gasteiger partial charge in [-0.3, -0.25) is 0 Å². The molecule has 2 aromatic rings. The number of rotatable bonds is 5. The summed E-state index contributed by atoms with van der Waals surface area (Å²) in [6, 6.07) is 11.1. The first-order chi connectivity index (χ1) is 11.5. The molecule has 0 saturated carbocycles. The molecule has 2 N–H and O–H groups in total. The molecular weight excluding hydrogens is 331 g/mol. The monoisotopic (exact) mass is 348 g/mol. The number of nitrogens with one attached hydrogen (secondary N) is 2. The Hall–Kier alpha value is -2.67. The Balaban J connectivity index is 1.97. The molecule has 0 aromatic heterocycles. The lowest BCUT2D eigenvalue weighted by Crippen LogP contribution is -2.19. The fraction of sp³-hybridized carbons (Fsp3) is 0.176. The van der Waals surface area contributed by atoms with Gasteiger partial charge >= 0.3 is 5.97 Å². The molecule has 0 aliphatic rings. The number of methoxy groups -OCH3 is 1. The number of anilines is 2. The molecular formula is C17H17FN2O3S. The standard InChI is InChI=1S/C17H17FN2O3S/c1-3-23-16(21)11-4-6-12(7-5-11)19-17(24)20-13-8-9-15(22-2)14(18)10-13/h4-10H,3H2,1-2H3,(H2,19,20,24). The highest BCUT2D eigenvalue weighted by molar-refractivity contribution is 7.80. The maximum absolute atomic E-state index is 13.6. The summed E-state index contributed by atoms with van der Waals surface area (Å²) in [5, 5.41) is 6.12. The predicted molar refractivity (Wildman–Crippen MR) is 95.2 cm³/mol. The van der Waals surface area contributed by atoms with Crippen molar-refractivity contribution in [2.75, 3.05) is 24.4 Å². The van der Waals surface area contributed by atoms with Crippen molar-refractivity contribution in [1.82, 2.24) is 0 Å². The van der Waals surface area contributed by atoms with Gasteiger partial charge in [0.05, 0.1) is 19.3 Å². The minimum absolute atomic E-state index is 0.161. The molecule has 7 heteroatoms. The van der Waals surface area contributed by atoms with Crippen molar-refractivity contribution < 1.29 is 18.7 Å². The third kappa shape index (κ3) is 4.66. The van der Waals surface area contributed by atoms with Crippen LogP contribution in [0.5, 0.6) is 5.75 Å². The molecule has 2 aromatic carbocycles. The van der Waals surface area contributed by atoms with Crippen LogP contribution in [0.3, 0.4) is 0 Å². The summed E-state index contributed by atoms with van der Waals surface area (Å²) >= 11 is 5.18. The molecule has 0 bridgehead atoms. The molecule has 24 heavy (non-hydrogen) atoms. The van der Waals surface area contributed by atoms with Crippen molar-refractivity contribution in [3.05, 3.63) is 53.8 Å². The summed E-state index contributed by atoms with van der Waals surface area (Å²) in [7, 11) is 1.40. The van der Waals surface area contributed by atoms with Gasteiger partial charge in [-0.15, -0.1) is 0 Å². The first kappa shape index (κ1) is 17.7. The molecule has 0 aliphatic heterocycles. The largest absolute Gasteiger partial charge is 0.494 e. The lowest BCUT2D eigenvalue weighted by atomic mass is 10.2. The summed E-state index contributed by atoms with van der Waals surface area (Å²) < 4.78 is 23.4. The summed E-state index contributed by atoms with van der Waals surface area (Å²) in [5.74, 6) is -0.698. The Morgan fingerprint density at radius 2 is 1.75 bits per heavy atom. The number of hydrogen-bond donors (Lipinski definition) is 2. The average molecular weight is 348 g/mol. The maximum atomic E-state index is 13.6. The third-order valence-corrected chi connectivity index (χ3v) is 3.27. The Kier molecular flexibility index (Phi) is 6.08. The van der Waals surface area contributed by atoms with Crippen molar-refractivity contribution in [1.29, 1.82) is 0 Å². The predicted octanol–water partition coefficient (Wildman–Crippen LogP) is 3.82. The number of esters is 1. The molecule has 0 heterocycles. The van der Waals surface area contributed by atoms with E-state index >= 15 is 0 Å². The number of carbonyl (C=O) groups is 1. The van der Waals surface area contributed by atoms with Crippen LogP contribution >= 0.6 is 12.2 Å². The second-order valence-electron chi connectivity index (χ2n) is 4.73. The Bertz CT molecular complexity index is 735. The van der Waals surface area contributed by atoms with Gasteiger partial charge < -0.3 is 20.1 Å². The molecule has 0 spiro atoms. The second-order valence-corrected chi connectivity index (χ2v) is 5.13. The van der Waals surface area contributed by atoms with Crippen molar-refractivity contribution in [2.24, 2.45) is 0 Å². The van der Waals surface area contributed by atoms with Crippen LogP contribution in [0.15, 0.2) is 42.5 Å². The highest BCUT2D eigenvalue weighted by atomic mass is 32.1. The van der Waals surface area contributed by atoms with Crippen LogP contribution in [0, 0.1) is 5.82 Å². The number of hydrogen-bond acceptors (Lipinski definition) is 4. The smallest absolute Gasteiger partial charge is 0.338 e. The number of ether oxygens (including phenoxy) is 2. The van der Waals surface area contributed by atoms with E-state index < -0.39 is 5.82 Å². The average Bonchev–Trinajstić information content (AvgIpc) is 2.56. The highest BCUT2D eigenvalue weighted by Gasteiger charge is 2.07. The molecule has 0 atom stereocenters. The van der Waals surface area contributed by atoms with Crippen molar-refractivity contribution in [2.45, 2.75) is 6.92 Å². The molecule has 5 nitrogen and oxygen atoms in total. The van der Waals surface area contributed by atoms with Crippen LogP contribution in [-0.2, 0) is 4.74 Å². The Labute approximate surface area is 144 Å². The van der Waals surface area contributed by atoms with Crippen LogP contribution in [0.25, 0.3) is 0 Å². The van der Waals surface area contributed by atoms with Gasteiger partial charge in [0.1, 0.15) is 0 Å². The van der Waals surface area contributed by atoms with Crippen LogP contribution < -0.4 is 15.4 Å². The van der Waals surface area contributed by atoms with Gasteiger partial charge in [0.15, 0.2) is 16.7 Å². The summed E-state index contributed by atoms with van der Waals surface area (Å²) in [5.41, 5.74) is 1.64. The van der Waals surface area contributed by atoms with E-state index in [1.165, 1.54) is 19.2 Å². The zero-order valence-electron chi connectivity index (χ0n) is 13.3. The van der Waals surface area contributed by atoms with E-state index in [2.05, 4.69) is 10.6 Å². The fourth-order valence-electron chi connectivity index (χ4n) is 1.94. The fourth-order valence-corrected chi connectivity index (χ4v) is 2.18. The third-order valence-electron chi connectivity index (χ3n) is 3.06. The number of carbonyl (C=O) groups excluding carboxylic acids is 1. The summed E-state index contributed by atoms with van der Waals surface area (Å²) in [4.78, 5) is 11.6. The van der Waals surface area contributed by atoms with Crippen molar-refractivity contribution >= 4 is 34.7 Å². The normalized spacial score (nSPS) is 9.96. The Morgan fingerprint density at radius 1 is 1.12 bits per heavy atom. The van der Waals surface area contributed by atoms with E-state index in [1.807, 2.05) is 0 Å². The lowest BCUT2D eigenvalue weighted by molar-refractivity contribution is 0.0526. The first-order valence-corrected chi connectivity index (χ1v) is 7.63. The maximum Gasteiger partial charge on any atom is 0.338 e. The molecule has 0 radical (unpaired) electrons. The van der Waals surface area contributed by atoms with Crippen LogP contribution in [-0.4, -0.2) is 24.8 Å². The van der Waals surface area contributed by atoms with Crippen LogP contribution in [0.1, 0.15) is 17.3 Å². The Morgan fingerprint density at radius 3 is 2.33 bits per heavy atom. The van der Waals surface area contributed by atoms with E-state index in [-0.39, 0.29) is 11.7 Å². The van der Waals surface area contributed by atoms with Gasteiger partial charge in [-0.1, -0.05) is 0 Å². The van der Waals surface area contributed by atoms with Gasteiger partial charge in [-0.05, 0) is 55.5 Å². The SMILES string of the molecule is CCOC(=O)c1ccc(NC(=S)Nc2ccc(OC)c(F)c2)cc1. The molecule has 0 unspecified atom stereocenters. The lowest BCUT2D eigenvalue weighted by Gasteiger charge is -2.12. The molecule has 0 fully saturated rings. The summed E-state index contributed by atoms with van der Waals surface area (Å²) in [6.45, 7) is 2.07. The number of thiocarbonyl (C=S) groups is 1. The molecule has 0 saturated heterocycles.